The lowest BCUT2D eigenvalue weighted by molar-refractivity contribution is 0.0975. The Balaban J connectivity index is 1.70. The molecule has 4 nitrogen and oxygen atoms in total. The molecule has 1 aromatic heterocycles. The zero-order valence-electron chi connectivity index (χ0n) is 14.1. The molecule has 0 aliphatic carbocycles. The van der Waals surface area contributed by atoms with Crippen LogP contribution in [0.25, 0.3) is 10.2 Å². The second-order valence-electron chi connectivity index (χ2n) is 6.29. The van der Waals surface area contributed by atoms with Crippen LogP contribution in [0.2, 0.25) is 0 Å². The van der Waals surface area contributed by atoms with Crippen molar-refractivity contribution in [3.8, 4) is 0 Å². The van der Waals surface area contributed by atoms with Crippen LogP contribution in [-0.4, -0.2) is 10.9 Å². The van der Waals surface area contributed by atoms with Gasteiger partial charge in [-0.1, -0.05) is 63.7 Å². The lowest BCUT2D eigenvalue weighted by atomic mass is 10.0. The van der Waals surface area contributed by atoms with Gasteiger partial charge in [-0.3, -0.25) is 9.69 Å². The van der Waals surface area contributed by atoms with Crippen LogP contribution in [0.4, 0.5) is 10.8 Å². The predicted molar refractivity (Wildman–Crippen MR) is 113 cm³/mol. The van der Waals surface area contributed by atoms with Crippen molar-refractivity contribution in [2.45, 2.75) is 6.17 Å². The van der Waals surface area contributed by atoms with Gasteiger partial charge in [-0.15, -0.1) is 0 Å². The Kier molecular flexibility index (Phi) is 3.95. The molecule has 1 aliphatic rings. The first kappa shape index (κ1) is 16.5. The zero-order chi connectivity index (χ0) is 18.4. The molecule has 0 saturated carbocycles. The Labute approximate surface area is 168 Å². The van der Waals surface area contributed by atoms with E-state index in [2.05, 4.69) is 21.2 Å². The maximum Gasteiger partial charge on any atom is 0.264 e. The van der Waals surface area contributed by atoms with E-state index in [4.69, 9.17) is 4.98 Å². The number of halogens is 1. The van der Waals surface area contributed by atoms with Crippen molar-refractivity contribution >= 4 is 54.2 Å². The SMILES string of the molecule is O=C1c2ccccc2NC(c2cccc(Br)c2)N1c1nc2ccccc2s1. The van der Waals surface area contributed by atoms with E-state index in [1.54, 1.807) is 4.90 Å². The van der Waals surface area contributed by atoms with Crippen molar-refractivity contribution in [2.75, 3.05) is 10.2 Å². The Hall–Kier alpha value is -2.70. The highest BCUT2D eigenvalue weighted by Crippen LogP contribution is 2.40. The molecular formula is C21H14BrN3OS. The van der Waals surface area contributed by atoms with Gasteiger partial charge >= 0.3 is 0 Å². The summed E-state index contributed by atoms with van der Waals surface area (Å²) in [4.78, 5) is 19.9. The van der Waals surface area contributed by atoms with Gasteiger partial charge in [0.15, 0.2) is 5.13 Å². The molecule has 5 rings (SSSR count). The Bertz CT molecular complexity index is 1140. The van der Waals surface area contributed by atoms with E-state index in [0.29, 0.717) is 10.7 Å². The van der Waals surface area contributed by atoms with Crippen LogP contribution in [-0.2, 0) is 0 Å². The molecule has 3 aromatic carbocycles. The summed E-state index contributed by atoms with van der Waals surface area (Å²) in [5.41, 5.74) is 3.39. The summed E-state index contributed by atoms with van der Waals surface area (Å²) in [6.07, 6.45) is -0.328. The molecule has 0 bridgehead atoms. The smallest absolute Gasteiger partial charge is 0.264 e. The number of nitrogens with one attached hydrogen (secondary N) is 1. The molecule has 0 saturated heterocycles. The van der Waals surface area contributed by atoms with Gasteiger partial charge in [0.05, 0.1) is 15.8 Å². The minimum atomic E-state index is -0.328. The van der Waals surface area contributed by atoms with Crippen LogP contribution >= 0.6 is 27.3 Å². The van der Waals surface area contributed by atoms with Gasteiger partial charge in [0.25, 0.3) is 5.91 Å². The number of amides is 1. The quantitative estimate of drug-likeness (QED) is 0.430. The molecule has 132 valence electrons. The fraction of sp³-hybridized carbons (Fsp3) is 0.0476. The van der Waals surface area contributed by atoms with Crippen LogP contribution in [0.5, 0.6) is 0 Å². The largest absolute Gasteiger partial charge is 0.360 e. The fourth-order valence-electron chi connectivity index (χ4n) is 3.32. The van der Waals surface area contributed by atoms with Crippen molar-refractivity contribution in [2.24, 2.45) is 0 Å². The predicted octanol–water partition coefficient (Wildman–Crippen LogP) is 5.83. The number of thiazole rings is 1. The van der Waals surface area contributed by atoms with E-state index in [9.17, 15) is 4.79 Å². The molecule has 6 heteroatoms. The van der Waals surface area contributed by atoms with Gasteiger partial charge in [-0.2, -0.15) is 0 Å². The number of nitrogens with zero attached hydrogens (tertiary/aromatic N) is 2. The third-order valence-electron chi connectivity index (χ3n) is 4.58. The summed E-state index contributed by atoms with van der Waals surface area (Å²) in [6.45, 7) is 0. The van der Waals surface area contributed by atoms with Gasteiger partial charge in [0.1, 0.15) is 6.17 Å². The minimum Gasteiger partial charge on any atom is -0.360 e. The highest BCUT2D eigenvalue weighted by Gasteiger charge is 2.35. The highest BCUT2D eigenvalue weighted by atomic mass is 79.9. The van der Waals surface area contributed by atoms with Gasteiger partial charge in [-0.05, 0) is 42.0 Å². The lowest BCUT2D eigenvalue weighted by Gasteiger charge is -2.36. The van der Waals surface area contributed by atoms with Crippen LogP contribution < -0.4 is 10.2 Å². The lowest BCUT2D eigenvalue weighted by Crippen LogP contribution is -2.43. The fourth-order valence-corrected chi connectivity index (χ4v) is 4.73. The van der Waals surface area contributed by atoms with Crippen molar-refractivity contribution in [3.05, 3.63) is 88.4 Å². The summed E-state index contributed by atoms with van der Waals surface area (Å²) in [7, 11) is 0. The van der Waals surface area contributed by atoms with E-state index in [1.165, 1.54) is 11.3 Å². The van der Waals surface area contributed by atoms with Gasteiger partial charge in [-0.25, -0.2) is 4.98 Å². The van der Waals surface area contributed by atoms with Gasteiger partial charge in [0.2, 0.25) is 0 Å². The normalized spacial score (nSPS) is 16.3. The van der Waals surface area contributed by atoms with E-state index < -0.39 is 0 Å². The summed E-state index contributed by atoms with van der Waals surface area (Å²) < 4.78 is 2.03. The number of fused-ring (bicyclic) bond motifs is 2. The first-order valence-corrected chi connectivity index (χ1v) is 10.1. The number of carbonyl (C=O) groups is 1. The maximum absolute atomic E-state index is 13.4. The summed E-state index contributed by atoms with van der Waals surface area (Å²) in [5.74, 6) is -0.0478. The molecule has 1 atom stereocenters. The summed E-state index contributed by atoms with van der Waals surface area (Å²) in [5, 5.41) is 4.20. The van der Waals surface area contributed by atoms with Gasteiger partial charge in [0, 0.05) is 10.2 Å². The molecule has 1 unspecified atom stereocenters. The number of rotatable bonds is 2. The molecule has 0 spiro atoms. The second-order valence-corrected chi connectivity index (χ2v) is 8.21. The number of benzene rings is 3. The third-order valence-corrected chi connectivity index (χ3v) is 6.11. The van der Waals surface area contributed by atoms with E-state index in [0.717, 1.165) is 25.9 Å². The molecule has 4 aromatic rings. The van der Waals surface area contributed by atoms with Crippen molar-refractivity contribution in [1.82, 2.24) is 4.98 Å². The first-order valence-electron chi connectivity index (χ1n) is 8.51. The average Bonchev–Trinajstić information content (AvgIpc) is 3.11. The van der Waals surface area contributed by atoms with Crippen molar-refractivity contribution in [1.29, 1.82) is 0 Å². The third kappa shape index (κ3) is 2.81. The van der Waals surface area contributed by atoms with E-state index in [-0.39, 0.29) is 12.1 Å². The standard InChI is InChI=1S/C21H14BrN3OS/c22-14-7-5-6-13(12-14)19-23-16-9-2-1-8-15(16)20(26)25(19)21-24-17-10-3-4-11-18(17)27-21/h1-12,19,23H. The number of para-hydroxylation sites is 2. The number of hydrogen-bond donors (Lipinski definition) is 1. The topological polar surface area (TPSA) is 45.2 Å². The van der Waals surface area contributed by atoms with Crippen LogP contribution in [0.1, 0.15) is 22.1 Å². The molecule has 2 heterocycles. The van der Waals surface area contributed by atoms with Crippen LogP contribution in [0.15, 0.2) is 77.3 Å². The number of carbonyl (C=O) groups excluding carboxylic acids is 1. The molecule has 0 radical (unpaired) electrons. The van der Waals surface area contributed by atoms with Crippen molar-refractivity contribution < 1.29 is 4.79 Å². The average molecular weight is 436 g/mol. The summed E-state index contributed by atoms with van der Waals surface area (Å²) >= 11 is 5.06. The summed E-state index contributed by atoms with van der Waals surface area (Å²) in [6, 6.07) is 23.6. The molecule has 0 fully saturated rings. The number of hydrogen-bond acceptors (Lipinski definition) is 4. The van der Waals surface area contributed by atoms with Crippen molar-refractivity contribution in [3.63, 3.8) is 0 Å². The zero-order valence-corrected chi connectivity index (χ0v) is 16.5. The second kappa shape index (κ2) is 6.48. The Morgan fingerprint density at radius 1 is 1.00 bits per heavy atom. The molecule has 1 amide bonds. The maximum atomic E-state index is 13.4. The Morgan fingerprint density at radius 2 is 1.81 bits per heavy atom. The Morgan fingerprint density at radius 3 is 2.67 bits per heavy atom. The van der Waals surface area contributed by atoms with Gasteiger partial charge < -0.3 is 5.32 Å². The molecule has 1 N–H and O–H groups in total. The van der Waals surface area contributed by atoms with E-state index in [1.807, 2.05) is 72.8 Å². The van der Waals surface area contributed by atoms with E-state index >= 15 is 0 Å². The van der Waals surface area contributed by atoms with Crippen LogP contribution in [0.3, 0.4) is 0 Å². The number of anilines is 2. The highest BCUT2D eigenvalue weighted by molar-refractivity contribution is 9.10. The monoisotopic (exact) mass is 435 g/mol. The molecule has 1 aliphatic heterocycles. The van der Waals surface area contributed by atoms with Crippen LogP contribution in [0, 0.1) is 0 Å². The minimum absolute atomic E-state index is 0.0478. The molecular weight excluding hydrogens is 422 g/mol. The number of aromatic nitrogens is 1. The first-order chi connectivity index (χ1) is 13.2. The molecule has 27 heavy (non-hydrogen) atoms.